The fourth-order valence-corrected chi connectivity index (χ4v) is 3.18. The van der Waals surface area contributed by atoms with Gasteiger partial charge < -0.3 is 15.5 Å². The number of thiophene rings is 1. The van der Waals surface area contributed by atoms with Gasteiger partial charge in [-0.1, -0.05) is 6.07 Å². The molecule has 10 heteroatoms. The molecule has 0 bridgehead atoms. The van der Waals surface area contributed by atoms with Gasteiger partial charge in [-0.15, -0.1) is 35.3 Å². The first-order chi connectivity index (χ1) is 13.3. The van der Waals surface area contributed by atoms with E-state index in [-0.39, 0.29) is 29.5 Å². The quantitative estimate of drug-likeness (QED) is 0.243. The summed E-state index contributed by atoms with van der Waals surface area (Å²) in [7, 11) is 3.62. The first kappa shape index (κ1) is 25.2. The van der Waals surface area contributed by atoms with Crippen molar-refractivity contribution in [3.8, 4) is 0 Å². The Hall–Kier alpha value is -1.82. The molecule has 0 unspecified atom stereocenters. The number of alkyl halides is 3. The number of amides is 1. The number of nitrogens with zero attached hydrogens (tertiary/aromatic N) is 2. The number of guanidine groups is 1. The molecule has 5 nitrogen and oxygen atoms in total. The van der Waals surface area contributed by atoms with E-state index in [4.69, 9.17) is 0 Å². The Labute approximate surface area is 189 Å². The third kappa shape index (κ3) is 8.21. The lowest BCUT2D eigenvalue weighted by molar-refractivity contribution is -0.137. The SMILES string of the molecule is CN=C(NCCNC(=O)c1ccc(C(F)(F)F)cc1)N(C)CCc1cccs1.I. The molecule has 0 spiro atoms. The van der Waals surface area contributed by atoms with E-state index in [1.807, 2.05) is 23.4 Å². The van der Waals surface area contributed by atoms with Crippen molar-refractivity contribution in [3.05, 3.63) is 57.8 Å². The maximum atomic E-state index is 12.6. The van der Waals surface area contributed by atoms with Crippen LogP contribution in [0.3, 0.4) is 0 Å². The Bertz CT molecular complexity index is 780. The number of hydrogen-bond acceptors (Lipinski definition) is 3. The molecular weight excluding hydrogens is 516 g/mol. The van der Waals surface area contributed by atoms with Crippen LogP contribution in [0.1, 0.15) is 20.8 Å². The number of carbonyl (C=O) groups is 1. The highest BCUT2D eigenvalue weighted by molar-refractivity contribution is 14.0. The minimum absolute atomic E-state index is 0. The van der Waals surface area contributed by atoms with Crippen LogP contribution in [0.5, 0.6) is 0 Å². The van der Waals surface area contributed by atoms with Crippen molar-refractivity contribution in [1.82, 2.24) is 15.5 Å². The van der Waals surface area contributed by atoms with Crippen LogP contribution < -0.4 is 10.6 Å². The maximum Gasteiger partial charge on any atom is 0.416 e. The van der Waals surface area contributed by atoms with Crippen molar-refractivity contribution >= 4 is 47.2 Å². The Balaban J connectivity index is 0.00000420. The van der Waals surface area contributed by atoms with E-state index in [9.17, 15) is 18.0 Å². The second-order valence-corrected chi connectivity index (χ2v) is 7.09. The average Bonchev–Trinajstić information content (AvgIpc) is 3.19. The summed E-state index contributed by atoms with van der Waals surface area (Å²) in [5, 5.41) is 7.87. The second kappa shape index (κ2) is 12.0. The summed E-state index contributed by atoms with van der Waals surface area (Å²) in [6.45, 7) is 1.57. The predicted octanol–water partition coefficient (Wildman–Crippen LogP) is 3.86. The third-order valence-corrected chi connectivity index (χ3v) is 4.95. The fraction of sp³-hybridized carbons (Fsp3) is 0.368. The van der Waals surface area contributed by atoms with Crippen LogP contribution in [0.4, 0.5) is 13.2 Å². The maximum absolute atomic E-state index is 12.6. The summed E-state index contributed by atoms with van der Waals surface area (Å²) in [5.41, 5.74) is -0.592. The van der Waals surface area contributed by atoms with Crippen LogP contribution in [-0.4, -0.2) is 50.5 Å². The molecule has 0 aliphatic carbocycles. The van der Waals surface area contributed by atoms with Crippen molar-refractivity contribution < 1.29 is 18.0 Å². The summed E-state index contributed by atoms with van der Waals surface area (Å²) in [6, 6.07) is 8.25. The van der Waals surface area contributed by atoms with Crippen molar-refractivity contribution in [2.75, 3.05) is 33.7 Å². The average molecular weight is 540 g/mol. The van der Waals surface area contributed by atoms with E-state index in [0.717, 1.165) is 25.1 Å². The van der Waals surface area contributed by atoms with E-state index in [1.54, 1.807) is 18.4 Å². The van der Waals surface area contributed by atoms with Gasteiger partial charge in [-0.3, -0.25) is 9.79 Å². The van der Waals surface area contributed by atoms with Crippen LogP contribution in [0.2, 0.25) is 0 Å². The summed E-state index contributed by atoms with van der Waals surface area (Å²) in [5.74, 6) is 0.289. The molecule has 0 saturated carbocycles. The van der Waals surface area contributed by atoms with E-state index in [2.05, 4.69) is 21.7 Å². The number of halogens is 4. The zero-order chi connectivity index (χ0) is 20.6. The number of likely N-dealkylation sites (N-methyl/N-ethyl adjacent to an activating group) is 1. The second-order valence-electron chi connectivity index (χ2n) is 6.06. The van der Waals surface area contributed by atoms with Crippen LogP contribution in [0.25, 0.3) is 0 Å². The zero-order valence-corrected chi connectivity index (χ0v) is 19.3. The highest BCUT2D eigenvalue weighted by Gasteiger charge is 2.30. The highest BCUT2D eigenvalue weighted by atomic mass is 127. The lowest BCUT2D eigenvalue weighted by Crippen LogP contribution is -2.43. The monoisotopic (exact) mass is 540 g/mol. The Morgan fingerprint density at radius 3 is 2.34 bits per heavy atom. The Morgan fingerprint density at radius 2 is 1.79 bits per heavy atom. The van der Waals surface area contributed by atoms with Gasteiger partial charge in [0.25, 0.3) is 5.91 Å². The van der Waals surface area contributed by atoms with Gasteiger partial charge in [-0.2, -0.15) is 13.2 Å². The number of benzene rings is 1. The largest absolute Gasteiger partial charge is 0.416 e. The molecule has 0 saturated heterocycles. The normalized spacial score (nSPS) is 11.6. The fourth-order valence-electron chi connectivity index (χ4n) is 2.49. The molecule has 0 fully saturated rings. The number of hydrogen-bond donors (Lipinski definition) is 2. The van der Waals surface area contributed by atoms with Gasteiger partial charge >= 0.3 is 6.18 Å². The summed E-state index contributed by atoms with van der Waals surface area (Å²) < 4.78 is 37.7. The van der Waals surface area contributed by atoms with Gasteiger partial charge in [0.05, 0.1) is 5.56 Å². The Kier molecular flexibility index (Phi) is 10.4. The predicted molar refractivity (Wildman–Crippen MR) is 121 cm³/mol. The molecule has 2 rings (SSSR count). The molecule has 0 aliphatic rings. The van der Waals surface area contributed by atoms with Gasteiger partial charge in [0.2, 0.25) is 0 Å². The number of aliphatic imine (C=N–C) groups is 1. The number of nitrogens with one attached hydrogen (secondary N) is 2. The summed E-state index contributed by atoms with van der Waals surface area (Å²) in [6.07, 6.45) is -3.50. The van der Waals surface area contributed by atoms with Crippen LogP contribution in [-0.2, 0) is 12.6 Å². The number of rotatable bonds is 7. The molecular formula is C19H24F3IN4OS. The summed E-state index contributed by atoms with van der Waals surface area (Å²) in [4.78, 5) is 19.5. The minimum Gasteiger partial charge on any atom is -0.354 e. The van der Waals surface area contributed by atoms with Crippen LogP contribution >= 0.6 is 35.3 Å². The molecule has 2 N–H and O–H groups in total. The molecule has 29 heavy (non-hydrogen) atoms. The van der Waals surface area contributed by atoms with Crippen molar-refractivity contribution in [2.24, 2.45) is 4.99 Å². The van der Waals surface area contributed by atoms with Crippen molar-refractivity contribution in [2.45, 2.75) is 12.6 Å². The van der Waals surface area contributed by atoms with Gasteiger partial charge in [0.15, 0.2) is 5.96 Å². The molecule has 1 aromatic carbocycles. The molecule has 1 amide bonds. The van der Waals surface area contributed by atoms with E-state index < -0.39 is 17.6 Å². The van der Waals surface area contributed by atoms with E-state index in [0.29, 0.717) is 19.0 Å². The molecule has 0 atom stereocenters. The smallest absolute Gasteiger partial charge is 0.354 e. The Morgan fingerprint density at radius 1 is 1.14 bits per heavy atom. The van der Waals surface area contributed by atoms with Gasteiger partial charge in [0, 0.05) is 44.2 Å². The molecule has 2 aromatic rings. The van der Waals surface area contributed by atoms with Gasteiger partial charge in [-0.05, 0) is 42.1 Å². The van der Waals surface area contributed by atoms with Crippen LogP contribution in [0.15, 0.2) is 46.8 Å². The van der Waals surface area contributed by atoms with Gasteiger partial charge in [0.1, 0.15) is 0 Å². The molecule has 0 radical (unpaired) electrons. The first-order valence-electron chi connectivity index (χ1n) is 8.71. The first-order valence-corrected chi connectivity index (χ1v) is 9.59. The highest BCUT2D eigenvalue weighted by Crippen LogP contribution is 2.29. The molecule has 160 valence electrons. The summed E-state index contributed by atoms with van der Waals surface area (Å²) >= 11 is 1.71. The van der Waals surface area contributed by atoms with Crippen molar-refractivity contribution in [3.63, 3.8) is 0 Å². The molecule has 0 aliphatic heterocycles. The van der Waals surface area contributed by atoms with E-state index in [1.165, 1.54) is 17.0 Å². The van der Waals surface area contributed by atoms with Crippen LogP contribution in [0, 0.1) is 0 Å². The lowest BCUT2D eigenvalue weighted by atomic mass is 10.1. The van der Waals surface area contributed by atoms with E-state index >= 15 is 0 Å². The number of carbonyl (C=O) groups excluding carboxylic acids is 1. The zero-order valence-electron chi connectivity index (χ0n) is 16.1. The van der Waals surface area contributed by atoms with Gasteiger partial charge in [-0.25, -0.2) is 0 Å². The minimum atomic E-state index is -4.41. The molecule has 1 heterocycles. The topological polar surface area (TPSA) is 56.7 Å². The lowest BCUT2D eigenvalue weighted by Gasteiger charge is -2.22. The third-order valence-electron chi connectivity index (χ3n) is 4.02. The molecule has 1 aromatic heterocycles. The standard InChI is InChI=1S/C19H23F3N4OS.HI/c1-23-18(26(2)12-9-16-4-3-13-28-16)25-11-10-24-17(27)14-5-7-15(8-6-14)19(20,21)22;/h3-8,13H,9-12H2,1-2H3,(H,23,25)(H,24,27);1H. The van der Waals surface area contributed by atoms with Crippen molar-refractivity contribution in [1.29, 1.82) is 0 Å².